The normalized spacial score (nSPS) is 26.8. The summed E-state index contributed by atoms with van der Waals surface area (Å²) < 4.78 is 6.38. The Morgan fingerprint density at radius 2 is 2.47 bits per heavy atom. The minimum absolute atomic E-state index is 0.481. The number of ether oxygens (including phenoxy) is 1. The maximum absolute atomic E-state index is 5.88. The van der Waals surface area contributed by atoms with E-state index >= 15 is 0 Å². The van der Waals surface area contributed by atoms with E-state index in [0.29, 0.717) is 12.1 Å². The molecule has 1 N–H and O–H groups in total. The van der Waals surface area contributed by atoms with E-state index in [2.05, 4.69) is 23.7 Å². The second-order valence-electron chi connectivity index (χ2n) is 4.10. The fraction of sp³-hybridized carbons (Fsp3) is 0.636. The van der Waals surface area contributed by atoms with E-state index in [1.165, 1.54) is 5.56 Å². The van der Waals surface area contributed by atoms with Gasteiger partial charge in [0.05, 0.1) is 17.6 Å². The highest BCUT2D eigenvalue weighted by Gasteiger charge is 2.17. The number of nitrogens with one attached hydrogen (secondary N) is 1. The standard InChI is InChI=1S/C11H16ClNOS/c1-8-5-14-6-10(13-8)3-2-9-4-11(12)15-7-9/h4,7-8,10,13H,2-3,5-6H2,1H3. The van der Waals surface area contributed by atoms with Gasteiger partial charge in [0.15, 0.2) is 0 Å². The molecule has 0 saturated carbocycles. The maximum Gasteiger partial charge on any atom is 0.0931 e. The van der Waals surface area contributed by atoms with Crippen LogP contribution in [0, 0.1) is 0 Å². The van der Waals surface area contributed by atoms with Crippen LogP contribution in [0.2, 0.25) is 4.34 Å². The summed E-state index contributed by atoms with van der Waals surface area (Å²) in [6.45, 7) is 3.83. The van der Waals surface area contributed by atoms with E-state index in [-0.39, 0.29) is 0 Å². The first-order valence-electron chi connectivity index (χ1n) is 5.31. The summed E-state index contributed by atoms with van der Waals surface area (Å²) in [4.78, 5) is 0. The van der Waals surface area contributed by atoms with Crippen LogP contribution in [-0.2, 0) is 11.2 Å². The van der Waals surface area contributed by atoms with Crippen molar-refractivity contribution in [1.29, 1.82) is 0 Å². The Hall–Kier alpha value is -0.0900. The molecule has 2 nitrogen and oxygen atoms in total. The Balaban J connectivity index is 1.77. The molecule has 0 aliphatic carbocycles. The van der Waals surface area contributed by atoms with Crippen LogP contribution in [-0.4, -0.2) is 25.3 Å². The first-order chi connectivity index (χ1) is 7.24. The molecule has 0 radical (unpaired) electrons. The Morgan fingerprint density at radius 3 is 3.13 bits per heavy atom. The van der Waals surface area contributed by atoms with E-state index in [0.717, 1.165) is 30.4 Å². The lowest BCUT2D eigenvalue weighted by Crippen LogP contribution is -2.47. The van der Waals surface area contributed by atoms with Crippen LogP contribution >= 0.6 is 22.9 Å². The lowest BCUT2D eigenvalue weighted by atomic mass is 10.1. The lowest BCUT2D eigenvalue weighted by molar-refractivity contribution is 0.0483. The largest absolute Gasteiger partial charge is 0.378 e. The lowest BCUT2D eigenvalue weighted by Gasteiger charge is -2.28. The fourth-order valence-corrected chi connectivity index (χ4v) is 2.81. The first kappa shape index (κ1) is 11.4. The van der Waals surface area contributed by atoms with Gasteiger partial charge in [0.1, 0.15) is 0 Å². The van der Waals surface area contributed by atoms with Crippen LogP contribution in [0.25, 0.3) is 0 Å². The topological polar surface area (TPSA) is 21.3 Å². The molecule has 15 heavy (non-hydrogen) atoms. The Labute approximate surface area is 99.6 Å². The van der Waals surface area contributed by atoms with E-state index in [4.69, 9.17) is 16.3 Å². The molecule has 0 bridgehead atoms. The van der Waals surface area contributed by atoms with Crippen molar-refractivity contribution in [2.24, 2.45) is 0 Å². The molecule has 1 aliphatic heterocycles. The average Bonchev–Trinajstić information content (AvgIpc) is 2.62. The molecule has 2 atom stereocenters. The van der Waals surface area contributed by atoms with Crippen LogP contribution in [0.1, 0.15) is 18.9 Å². The van der Waals surface area contributed by atoms with Crippen molar-refractivity contribution >= 4 is 22.9 Å². The summed E-state index contributed by atoms with van der Waals surface area (Å²) in [6, 6.07) is 3.03. The van der Waals surface area contributed by atoms with Crippen LogP contribution in [0.4, 0.5) is 0 Å². The number of thiophene rings is 1. The van der Waals surface area contributed by atoms with Crippen LogP contribution in [0.15, 0.2) is 11.4 Å². The fourth-order valence-electron chi connectivity index (χ4n) is 1.87. The number of halogens is 1. The highest BCUT2D eigenvalue weighted by molar-refractivity contribution is 7.14. The second-order valence-corrected chi connectivity index (χ2v) is 5.64. The molecule has 1 saturated heterocycles. The maximum atomic E-state index is 5.88. The van der Waals surface area contributed by atoms with E-state index < -0.39 is 0 Å². The van der Waals surface area contributed by atoms with Crippen molar-refractivity contribution in [1.82, 2.24) is 5.32 Å². The monoisotopic (exact) mass is 245 g/mol. The zero-order valence-electron chi connectivity index (χ0n) is 8.83. The van der Waals surface area contributed by atoms with Gasteiger partial charge in [0.25, 0.3) is 0 Å². The zero-order chi connectivity index (χ0) is 10.7. The van der Waals surface area contributed by atoms with Gasteiger partial charge in [-0.3, -0.25) is 0 Å². The van der Waals surface area contributed by atoms with Crippen molar-refractivity contribution < 1.29 is 4.74 Å². The number of hydrogen-bond donors (Lipinski definition) is 1. The van der Waals surface area contributed by atoms with Gasteiger partial charge in [-0.25, -0.2) is 0 Å². The minimum atomic E-state index is 0.481. The van der Waals surface area contributed by atoms with Crippen molar-refractivity contribution in [3.63, 3.8) is 0 Å². The van der Waals surface area contributed by atoms with E-state index in [1.54, 1.807) is 11.3 Å². The van der Waals surface area contributed by atoms with Crippen molar-refractivity contribution in [3.8, 4) is 0 Å². The Morgan fingerprint density at radius 1 is 1.60 bits per heavy atom. The first-order valence-corrected chi connectivity index (χ1v) is 6.56. The highest BCUT2D eigenvalue weighted by Crippen LogP contribution is 2.21. The second kappa shape index (κ2) is 5.30. The van der Waals surface area contributed by atoms with Gasteiger partial charge in [0, 0.05) is 12.1 Å². The van der Waals surface area contributed by atoms with Gasteiger partial charge in [-0.1, -0.05) is 11.6 Å². The molecule has 1 aromatic rings. The minimum Gasteiger partial charge on any atom is -0.378 e. The molecule has 1 fully saturated rings. The van der Waals surface area contributed by atoms with Crippen LogP contribution in [0.5, 0.6) is 0 Å². The molecule has 2 unspecified atom stereocenters. The smallest absolute Gasteiger partial charge is 0.0931 e. The Bertz CT molecular complexity index is 315. The van der Waals surface area contributed by atoms with Crippen LogP contribution < -0.4 is 5.32 Å². The van der Waals surface area contributed by atoms with Gasteiger partial charge < -0.3 is 10.1 Å². The molecule has 1 aliphatic rings. The zero-order valence-corrected chi connectivity index (χ0v) is 10.4. The molecular weight excluding hydrogens is 230 g/mol. The summed E-state index contributed by atoms with van der Waals surface area (Å²) >= 11 is 7.49. The third kappa shape index (κ3) is 3.45. The van der Waals surface area contributed by atoms with Gasteiger partial charge >= 0.3 is 0 Å². The summed E-state index contributed by atoms with van der Waals surface area (Å²) in [5.74, 6) is 0. The summed E-state index contributed by atoms with van der Waals surface area (Å²) in [6.07, 6.45) is 2.20. The SMILES string of the molecule is CC1COCC(CCc2csc(Cl)c2)N1. The van der Waals surface area contributed by atoms with Gasteiger partial charge in [0.2, 0.25) is 0 Å². The molecule has 2 rings (SSSR count). The molecular formula is C11H16ClNOS. The number of hydrogen-bond acceptors (Lipinski definition) is 3. The predicted octanol–water partition coefficient (Wildman–Crippen LogP) is 2.71. The average molecular weight is 246 g/mol. The summed E-state index contributed by atoms with van der Waals surface area (Å²) in [5.41, 5.74) is 1.34. The molecule has 84 valence electrons. The number of aryl methyl sites for hydroxylation is 1. The quantitative estimate of drug-likeness (QED) is 0.884. The highest BCUT2D eigenvalue weighted by atomic mass is 35.5. The molecule has 2 heterocycles. The molecule has 0 aromatic carbocycles. The molecule has 0 amide bonds. The van der Waals surface area contributed by atoms with Crippen molar-refractivity contribution in [2.45, 2.75) is 31.8 Å². The summed E-state index contributed by atoms with van der Waals surface area (Å²) in [5, 5.41) is 5.67. The number of rotatable bonds is 3. The number of morpholine rings is 1. The van der Waals surface area contributed by atoms with Gasteiger partial charge in [-0.15, -0.1) is 11.3 Å². The predicted molar refractivity (Wildman–Crippen MR) is 64.9 cm³/mol. The van der Waals surface area contributed by atoms with Crippen molar-refractivity contribution in [2.75, 3.05) is 13.2 Å². The summed E-state index contributed by atoms with van der Waals surface area (Å²) in [7, 11) is 0. The third-order valence-corrected chi connectivity index (χ3v) is 3.75. The molecule has 1 aromatic heterocycles. The van der Waals surface area contributed by atoms with Crippen LogP contribution in [0.3, 0.4) is 0 Å². The van der Waals surface area contributed by atoms with E-state index in [1.807, 2.05) is 0 Å². The molecule has 4 heteroatoms. The van der Waals surface area contributed by atoms with Crippen molar-refractivity contribution in [3.05, 3.63) is 21.3 Å². The van der Waals surface area contributed by atoms with Gasteiger partial charge in [-0.2, -0.15) is 0 Å². The van der Waals surface area contributed by atoms with Gasteiger partial charge in [-0.05, 0) is 36.8 Å². The van der Waals surface area contributed by atoms with E-state index in [9.17, 15) is 0 Å². The molecule has 0 spiro atoms. The third-order valence-electron chi connectivity index (χ3n) is 2.61. The Kier molecular flexibility index (Phi) is 4.03.